The van der Waals surface area contributed by atoms with Crippen LogP contribution >= 0.6 is 24.0 Å². The molecule has 130 valence electrons. The van der Waals surface area contributed by atoms with Gasteiger partial charge >= 0.3 is 0 Å². The van der Waals surface area contributed by atoms with Crippen LogP contribution in [0, 0.1) is 5.82 Å². The molecule has 0 saturated carbocycles. The van der Waals surface area contributed by atoms with Crippen molar-refractivity contribution in [2.75, 3.05) is 13.1 Å². The molecular weight excluding hydrogens is 420 g/mol. The highest BCUT2D eigenvalue weighted by Crippen LogP contribution is 2.11. The molecule has 2 heterocycles. The van der Waals surface area contributed by atoms with Crippen LogP contribution in [0.2, 0.25) is 0 Å². The Morgan fingerprint density at radius 2 is 1.75 bits per heavy atom. The zero-order valence-electron chi connectivity index (χ0n) is 13.6. The number of nitrogens with two attached hydrogens (primary N) is 1. The van der Waals surface area contributed by atoms with Crippen molar-refractivity contribution in [3.63, 3.8) is 0 Å². The summed E-state index contributed by atoms with van der Waals surface area (Å²) in [4.78, 5) is 6.62. The van der Waals surface area contributed by atoms with Crippen LogP contribution in [0.25, 0.3) is 5.69 Å². The van der Waals surface area contributed by atoms with Gasteiger partial charge in [0, 0.05) is 19.3 Å². The normalized spacial score (nSPS) is 15.7. The molecule has 0 aliphatic carbocycles. The lowest BCUT2D eigenvalue weighted by Crippen LogP contribution is -2.38. The van der Waals surface area contributed by atoms with Crippen molar-refractivity contribution in [1.82, 2.24) is 14.7 Å². The Hall–Kier alpha value is -1.64. The first-order valence-electron chi connectivity index (χ1n) is 8.08. The van der Waals surface area contributed by atoms with Crippen molar-refractivity contribution in [3.05, 3.63) is 48.0 Å². The van der Waals surface area contributed by atoms with Crippen molar-refractivity contribution in [3.8, 4) is 5.69 Å². The van der Waals surface area contributed by atoms with Gasteiger partial charge in [-0.3, -0.25) is 0 Å². The molecule has 2 N–H and O–H groups in total. The number of hydrogen-bond acceptors (Lipinski definition) is 2. The third kappa shape index (κ3) is 4.93. The number of benzene rings is 1. The molecule has 2 aromatic rings. The highest BCUT2D eigenvalue weighted by Gasteiger charge is 2.11. The van der Waals surface area contributed by atoms with Crippen LogP contribution in [0.15, 0.2) is 41.5 Å². The van der Waals surface area contributed by atoms with Gasteiger partial charge in [0.25, 0.3) is 0 Å². The van der Waals surface area contributed by atoms with E-state index in [-0.39, 0.29) is 29.8 Å². The van der Waals surface area contributed by atoms with Crippen LogP contribution in [-0.2, 0) is 6.54 Å². The summed E-state index contributed by atoms with van der Waals surface area (Å²) in [6.07, 6.45) is 6.74. The topological polar surface area (TPSA) is 59.4 Å². The Kier molecular flexibility index (Phi) is 7.01. The molecule has 1 aromatic heterocycles. The molecular formula is C17H23FIN5. The molecule has 1 aliphatic rings. The first kappa shape index (κ1) is 18.7. The minimum Gasteiger partial charge on any atom is -0.370 e. The quantitative estimate of drug-likeness (QED) is 0.450. The smallest absolute Gasteiger partial charge is 0.191 e. The van der Waals surface area contributed by atoms with Crippen molar-refractivity contribution in [1.29, 1.82) is 0 Å². The zero-order valence-corrected chi connectivity index (χ0v) is 15.9. The first-order chi connectivity index (χ1) is 11.2. The maximum Gasteiger partial charge on any atom is 0.191 e. The summed E-state index contributed by atoms with van der Waals surface area (Å²) in [6, 6.07) is 8.14. The molecule has 0 unspecified atom stereocenters. The molecule has 1 aliphatic heterocycles. The van der Waals surface area contributed by atoms with Crippen LogP contribution in [0.4, 0.5) is 4.39 Å². The van der Waals surface area contributed by atoms with E-state index in [0.29, 0.717) is 12.5 Å². The van der Waals surface area contributed by atoms with E-state index in [1.165, 1.54) is 37.8 Å². The van der Waals surface area contributed by atoms with Crippen molar-refractivity contribution >= 4 is 29.9 Å². The van der Waals surface area contributed by atoms with Gasteiger partial charge < -0.3 is 10.6 Å². The van der Waals surface area contributed by atoms with Crippen LogP contribution in [0.3, 0.4) is 0 Å². The molecule has 3 rings (SSSR count). The molecule has 5 nitrogen and oxygen atoms in total. The second-order valence-electron chi connectivity index (χ2n) is 5.80. The van der Waals surface area contributed by atoms with Crippen LogP contribution in [0.1, 0.15) is 31.4 Å². The Morgan fingerprint density at radius 3 is 2.42 bits per heavy atom. The second-order valence-corrected chi connectivity index (χ2v) is 5.80. The van der Waals surface area contributed by atoms with E-state index >= 15 is 0 Å². The summed E-state index contributed by atoms with van der Waals surface area (Å²) < 4.78 is 14.7. The van der Waals surface area contributed by atoms with E-state index in [9.17, 15) is 4.39 Å². The average Bonchev–Trinajstić information content (AvgIpc) is 2.86. The van der Waals surface area contributed by atoms with Crippen molar-refractivity contribution in [2.45, 2.75) is 32.2 Å². The fraction of sp³-hybridized carbons (Fsp3) is 0.412. The summed E-state index contributed by atoms with van der Waals surface area (Å²) >= 11 is 0. The van der Waals surface area contributed by atoms with Crippen LogP contribution in [-0.4, -0.2) is 33.7 Å². The monoisotopic (exact) mass is 443 g/mol. The molecule has 0 bridgehead atoms. The number of rotatable bonds is 3. The molecule has 0 atom stereocenters. The van der Waals surface area contributed by atoms with E-state index < -0.39 is 0 Å². The predicted octanol–water partition coefficient (Wildman–Crippen LogP) is 3.32. The third-order valence-electron chi connectivity index (χ3n) is 4.07. The maximum absolute atomic E-state index is 13.0. The van der Waals surface area contributed by atoms with Gasteiger partial charge in [0.2, 0.25) is 0 Å². The number of guanidine groups is 1. The number of halogens is 2. The van der Waals surface area contributed by atoms with E-state index in [2.05, 4.69) is 15.0 Å². The van der Waals surface area contributed by atoms with Crippen molar-refractivity contribution < 1.29 is 4.39 Å². The lowest BCUT2D eigenvalue weighted by Gasteiger charge is -2.20. The van der Waals surface area contributed by atoms with Crippen molar-refractivity contribution in [2.24, 2.45) is 10.7 Å². The molecule has 0 spiro atoms. The molecule has 1 saturated heterocycles. The Morgan fingerprint density at radius 1 is 1.08 bits per heavy atom. The van der Waals surface area contributed by atoms with Gasteiger partial charge in [-0.2, -0.15) is 5.10 Å². The summed E-state index contributed by atoms with van der Waals surface area (Å²) in [5.74, 6) is 0.346. The lowest BCUT2D eigenvalue weighted by molar-refractivity contribution is 0.428. The fourth-order valence-corrected chi connectivity index (χ4v) is 2.75. The standard InChI is InChI=1S/C17H22FN5.HI/c18-14-5-7-16(8-6-14)23-12-9-15(21-23)13-20-17(19)22-10-3-1-2-4-11-22;/h5-9,12H,1-4,10-11,13H2,(H2,19,20);1H. The summed E-state index contributed by atoms with van der Waals surface area (Å²) in [5.41, 5.74) is 7.76. The summed E-state index contributed by atoms with van der Waals surface area (Å²) in [7, 11) is 0. The van der Waals surface area contributed by atoms with Gasteiger partial charge in [0.15, 0.2) is 5.96 Å². The second kappa shape index (κ2) is 9.00. The number of aromatic nitrogens is 2. The van der Waals surface area contributed by atoms with E-state index in [4.69, 9.17) is 5.73 Å². The molecule has 7 heteroatoms. The minimum atomic E-state index is -0.254. The Balaban J connectivity index is 0.00000208. The number of likely N-dealkylation sites (tertiary alicyclic amines) is 1. The highest BCUT2D eigenvalue weighted by atomic mass is 127. The van der Waals surface area contributed by atoms with Crippen LogP contribution in [0.5, 0.6) is 0 Å². The fourth-order valence-electron chi connectivity index (χ4n) is 2.75. The summed E-state index contributed by atoms with van der Waals surface area (Å²) in [6.45, 7) is 2.43. The van der Waals surface area contributed by atoms with Gasteiger partial charge in [0.05, 0.1) is 17.9 Å². The zero-order chi connectivity index (χ0) is 16.1. The predicted molar refractivity (Wildman–Crippen MR) is 104 cm³/mol. The lowest BCUT2D eigenvalue weighted by atomic mass is 10.2. The van der Waals surface area contributed by atoms with Gasteiger partial charge in [-0.15, -0.1) is 24.0 Å². The molecule has 1 aromatic carbocycles. The van der Waals surface area contributed by atoms with Gasteiger partial charge in [-0.25, -0.2) is 14.1 Å². The number of hydrogen-bond donors (Lipinski definition) is 1. The van der Waals surface area contributed by atoms with E-state index in [0.717, 1.165) is 24.5 Å². The van der Waals surface area contributed by atoms with E-state index in [1.54, 1.807) is 16.8 Å². The number of nitrogens with zero attached hydrogens (tertiary/aromatic N) is 4. The SMILES string of the molecule is I.NC(=NCc1ccn(-c2ccc(F)cc2)n1)N1CCCCCC1. The van der Waals surface area contributed by atoms with Crippen LogP contribution < -0.4 is 5.73 Å². The van der Waals surface area contributed by atoms with Gasteiger partial charge in [-0.05, 0) is 43.2 Å². The largest absolute Gasteiger partial charge is 0.370 e. The molecule has 24 heavy (non-hydrogen) atoms. The third-order valence-corrected chi connectivity index (χ3v) is 4.07. The Bertz CT molecular complexity index is 660. The van der Waals surface area contributed by atoms with Gasteiger partial charge in [0.1, 0.15) is 5.82 Å². The summed E-state index contributed by atoms with van der Waals surface area (Å²) in [5, 5.41) is 4.46. The van der Waals surface area contributed by atoms with E-state index in [1.807, 2.05) is 12.3 Å². The first-order valence-corrected chi connectivity index (χ1v) is 8.08. The molecule has 0 amide bonds. The Labute approximate surface area is 158 Å². The maximum atomic E-state index is 13.0. The highest BCUT2D eigenvalue weighted by molar-refractivity contribution is 14.0. The average molecular weight is 443 g/mol. The molecule has 1 fully saturated rings. The number of aliphatic imine (C=N–C) groups is 1. The van der Waals surface area contributed by atoms with Gasteiger partial charge in [-0.1, -0.05) is 12.8 Å². The molecule has 0 radical (unpaired) electrons. The minimum absolute atomic E-state index is 0.